The SMILES string of the molecule is C[C@]12CC[C@H](C#CC3CCN3)CC1[C@@H](CO)[C@@H](O)[C@@H]1[C@@H]2CC[C@]2(C)C(=O)CC[C@@H]12. The number of Topliss-reactive ketones (excluding diaryl/α,β-unsaturated/α-hetero) is 1. The first-order valence-electron chi connectivity index (χ1n) is 11.9. The van der Waals surface area contributed by atoms with Crippen molar-refractivity contribution in [2.45, 2.75) is 77.4 Å². The summed E-state index contributed by atoms with van der Waals surface area (Å²) in [4.78, 5) is 12.7. The van der Waals surface area contributed by atoms with E-state index in [-0.39, 0.29) is 35.2 Å². The molecule has 0 radical (unpaired) electrons. The molecular formula is C25H37NO3. The number of fused-ring (bicyclic) bond motifs is 5. The molecule has 5 rings (SSSR count). The summed E-state index contributed by atoms with van der Waals surface area (Å²) in [6.45, 7) is 5.71. The van der Waals surface area contributed by atoms with E-state index in [0.29, 0.717) is 36.0 Å². The Morgan fingerprint density at radius 3 is 2.55 bits per heavy atom. The second-order valence-electron chi connectivity index (χ2n) is 11.2. The Bertz CT molecular complexity index is 736. The van der Waals surface area contributed by atoms with Crippen LogP contribution in [0.25, 0.3) is 0 Å². The van der Waals surface area contributed by atoms with E-state index in [9.17, 15) is 15.0 Å². The number of carbonyl (C=O) groups is 1. The van der Waals surface area contributed by atoms with Crippen LogP contribution < -0.4 is 5.32 Å². The Morgan fingerprint density at radius 2 is 1.86 bits per heavy atom. The molecule has 4 nitrogen and oxygen atoms in total. The van der Waals surface area contributed by atoms with Crippen LogP contribution in [-0.4, -0.2) is 41.3 Å². The summed E-state index contributed by atoms with van der Waals surface area (Å²) in [5.41, 5.74) is -0.0963. The van der Waals surface area contributed by atoms with Crippen molar-refractivity contribution in [3.8, 4) is 11.8 Å². The molecule has 2 unspecified atom stereocenters. The molecule has 0 amide bonds. The molecule has 0 aromatic carbocycles. The van der Waals surface area contributed by atoms with E-state index < -0.39 is 6.10 Å². The van der Waals surface area contributed by atoms with Crippen LogP contribution in [0.5, 0.6) is 0 Å². The highest BCUT2D eigenvalue weighted by Gasteiger charge is 2.64. The minimum atomic E-state index is -0.487. The maximum absolute atomic E-state index is 12.7. The molecular weight excluding hydrogens is 362 g/mol. The van der Waals surface area contributed by atoms with Gasteiger partial charge in [0.05, 0.1) is 12.1 Å². The van der Waals surface area contributed by atoms with Gasteiger partial charge in [-0.3, -0.25) is 4.79 Å². The predicted octanol–water partition coefficient (Wildman–Crippen LogP) is 2.77. The molecule has 1 heterocycles. The first-order valence-corrected chi connectivity index (χ1v) is 11.9. The van der Waals surface area contributed by atoms with Crippen molar-refractivity contribution in [2.24, 2.45) is 46.3 Å². The summed E-state index contributed by atoms with van der Waals surface area (Å²) < 4.78 is 0. The summed E-state index contributed by atoms with van der Waals surface area (Å²) in [7, 11) is 0. The molecule has 4 heteroatoms. The number of hydrogen-bond donors (Lipinski definition) is 3. The van der Waals surface area contributed by atoms with Crippen LogP contribution in [0.15, 0.2) is 0 Å². The molecule has 1 aliphatic heterocycles. The molecule has 5 fully saturated rings. The average Bonchev–Trinajstić information content (AvgIpc) is 2.97. The Balaban J connectivity index is 1.43. The first kappa shape index (κ1) is 20.0. The van der Waals surface area contributed by atoms with Gasteiger partial charge in [-0.05, 0) is 80.6 Å². The second-order valence-corrected chi connectivity index (χ2v) is 11.2. The molecule has 4 saturated carbocycles. The quantitative estimate of drug-likeness (QED) is 0.593. The fourth-order valence-electron chi connectivity index (χ4n) is 8.22. The van der Waals surface area contributed by atoms with E-state index in [4.69, 9.17) is 0 Å². The monoisotopic (exact) mass is 399 g/mol. The van der Waals surface area contributed by atoms with Crippen LogP contribution in [0.2, 0.25) is 0 Å². The Morgan fingerprint density at radius 1 is 1.07 bits per heavy atom. The largest absolute Gasteiger partial charge is 0.396 e. The molecule has 0 spiro atoms. The van der Waals surface area contributed by atoms with Gasteiger partial charge in [0.25, 0.3) is 0 Å². The third-order valence-electron chi connectivity index (χ3n) is 10.2. The highest BCUT2D eigenvalue weighted by atomic mass is 16.3. The predicted molar refractivity (Wildman–Crippen MR) is 112 cm³/mol. The van der Waals surface area contributed by atoms with E-state index >= 15 is 0 Å². The normalized spacial score (nSPS) is 53.7. The molecule has 29 heavy (non-hydrogen) atoms. The minimum absolute atomic E-state index is 0.0480. The zero-order chi connectivity index (χ0) is 20.4. The Kier molecular flexibility index (Phi) is 4.89. The van der Waals surface area contributed by atoms with Gasteiger partial charge in [0.2, 0.25) is 0 Å². The molecule has 160 valence electrons. The summed E-state index contributed by atoms with van der Waals surface area (Å²) >= 11 is 0. The third kappa shape index (κ3) is 2.87. The van der Waals surface area contributed by atoms with Crippen LogP contribution >= 0.6 is 0 Å². The van der Waals surface area contributed by atoms with Crippen molar-refractivity contribution in [2.75, 3.05) is 13.2 Å². The second kappa shape index (κ2) is 7.08. The van der Waals surface area contributed by atoms with E-state index in [0.717, 1.165) is 51.5 Å². The summed E-state index contributed by atoms with van der Waals surface area (Å²) in [5.74, 6) is 8.91. The lowest BCUT2D eigenvalue weighted by molar-refractivity contribution is -0.198. The van der Waals surface area contributed by atoms with Gasteiger partial charge in [0.1, 0.15) is 5.78 Å². The van der Waals surface area contributed by atoms with Crippen molar-refractivity contribution in [1.82, 2.24) is 5.32 Å². The fraction of sp³-hybridized carbons (Fsp3) is 0.880. The average molecular weight is 400 g/mol. The molecule has 0 aromatic heterocycles. The molecule has 0 aromatic rings. The maximum atomic E-state index is 12.7. The molecule has 3 N–H and O–H groups in total. The number of aliphatic hydroxyl groups excluding tert-OH is 2. The minimum Gasteiger partial charge on any atom is -0.396 e. The van der Waals surface area contributed by atoms with E-state index in [1.165, 1.54) is 0 Å². The zero-order valence-corrected chi connectivity index (χ0v) is 18.0. The molecule has 4 aliphatic carbocycles. The molecule has 5 aliphatic rings. The van der Waals surface area contributed by atoms with Crippen LogP contribution in [0.1, 0.15) is 65.2 Å². The van der Waals surface area contributed by atoms with Gasteiger partial charge in [0.15, 0.2) is 0 Å². The third-order valence-corrected chi connectivity index (χ3v) is 10.2. The van der Waals surface area contributed by atoms with Crippen LogP contribution in [0, 0.1) is 58.2 Å². The van der Waals surface area contributed by atoms with Gasteiger partial charge in [-0.15, -0.1) is 0 Å². The number of ketones is 1. The van der Waals surface area contributed by atoms with Crippen molar-refractivity contribution >= 4 is 5.78 Å². The van der Waals surface area contributed by atoms with Gasteiger partial charge < -0.3 is 15.5 Å². The van der Waals surface area contributed by atoms with E-state index in [1.54, 1.807) is 0 Å². The van der Waals surface area contributed by atoms with Crippen molar-refractivity contribution < 1.29 is 15.0 Å². The number of rotatable bonds is 1. The fourth-order valence-corrected chi connectivity index (χ4v) is 8.22. The van der Waals surface area contributed by atoms with E-state index in [2.05, 4.69) is 31.0 Å². The lowest BCUT2D eigenvalue weighted by Gasteiger charge is -2.63. The lowest BCUT2D eigenvalue weighted by atomic mass is 9.42. The highest BCUT2D eigenvalue weighted by Crippen LogP contribution is 2.67. The lowest BCUT2D eigenvalue weighted by Crippen LogP contribution is -2.62. The van der Waals surface area contributed by atoms with Gasteiger partial charge in [-0.2, -0.15) is 0 Å². The smallest absolute Gasteiger partial charge is 0.139 e. The van der Waals surface area contributed by atoms with Gasteiger partial charge >= 0.3 is 0 Å². The van der Waals surface area contributed by atoms with Crippen molar-refractivity contribution in [3.63, 3.8) is 0 Å². The van der Waals surface area contributed by atoms with Crippen LogP contribution in [-0.2, 0) is 4.79 Å². The number of carbonyl (C=O) groups excluding carboxylic acids is 1. The van der Waals surface area contributed by atoms with E-state index in [1.807, 2.05) is 0 Å². The summed E-state index contributed by atoms with van der Waals surface area (Å²) in [6.07, 6.45) is 7.56. The molecule has 1 saturated heterocycles. The Hall–Kier alpha value is -0.890. The van der Waals surface area contributed by atoms with Crippen molar-refractivity contribution in [1.29, 1.82) is 0 Å². The molecule has 0 bridgehead atoms. The summed E-state index contributed by atoms with van der Waals surface area (Å²) in [5, 5.41) is 25.2. The van der Waals surface area contributed by atoms with Crippen LogP contribution in [0.4, 0.5) is 0 Å². The molecule has 10 atom stereocenters. The maximum Gasteiger partial charge on any atom is 0.139 e. The Labute approximate surface area is 175 Å². The topological polar surface area (TPSA) is 69.6 Å². The van der Waals surface area contributed by atoms with Gasteiger partial charge in [-0.25, -0.2) is 0 Å². The summed E-state index contributed by atoms with van der Waals surface area (Å²) in [6, 6.07) is 0.370. The van der Waals surface area contributed by atoms with Gasteiger partial charge in [-0.1, -0.05) is 25.7 Å². The highest BCUT2D eigenvalue weighted by molar-refractivity contribution is 5.87. The number of hydrogen-bond acceptors (Lipinski definition) is 4. The zero-order valence-electron chi connectivity index (χ0n) is 18.0. The number of nitrogens with one attached hydrogen (secondary N) is 1. The van der Waals surface area contributed by atoms with Gasteiger partial charge in [0, 0.05) is 30.3 Å². The van der Waals surface area contributed by atoms with Crippen LogP contribution in [0.3, 0.4) is 0 Å². The number of aliphatic hydroxyl groups is 2. The van der Waals surface area contributed by atoms with Crippen molar-refractivity contribution in [3.05, 3.63) is 0 Å². The first-order chi connectivity index (χ1) is 13.9. The standard InChI is InChI=1S/C25H37NO3/c1-24-10-7-15(3-4-16-9-12-26-16)13-20(24)17(14-27)23(29)22-18-5-6-21(28)25(18,2)11-8-19(22)24/h15-20,22-23,26-27,29H,5-14H2,1-2H3/t15-,16?,17+,18-,19-,20?,22-,23+,24+,25-/m0/s1.